The summed E-state index contributed by atoms with van der Waals surface area (Å²) in [6.07, 6.45) is 17.8. The lowest BCUT2D eigenvalue weighted by Crippen LogP contribution is -2.43. The first-order valence-electron chi connectivity index (χ1n) is 11.2. The number of nitrogens with two attached hydrogens (primary N) is 1. The van der Waals surface area contributed by atoms with Crippen LogP contribution in [-0.4, -0.2) is 30.9 Å². The van der Waals surface area contributed by atoms with Crippen molar-refractivity contribution in [3.8, 4) is 0 Å². The van der Waals surface area contributed by atoms with E-state index in [0.717, 1.165) is 19.3 Å². The second kappa shape index (κ2) is 18.8. The van der Waals surface area contributed by atoms with Gasteiger partial charge in [-0.05, 0) is 6.42 Å². The fraction of sp³-hybridized carbons (Fsp3) is 0.864. The number of rotatable bonds is 19. The van der Waals surface area contributed by atoms with Crippen LogP contribution in [-0.2, 0) is 19.1 Å². The number of carbonyl (C=O) groups excluding carboxylic acids is 3. The zero-order valence-corrected chi connectivity index (χ0v) is 18.1. The molecule has 0 unspecified atom stereocenters. The van der Waals surface area contributed by atoms with Gasteiger partial charge in [0.05, 0.1) is 13.5 Å². The van der Waals surface area contributed by atoms with Gasteiger partial charge in [-0.25, -0.2) is 4.79 Å². The number of esters is 1. The van der Waals surface area contributed by atoms with E-state index in [-0.39, 0.29) is 12.3 Å². The van der Waals surface area contributed by atoms with Crippen molar-refractivity contribution in [1.29, 1.82) is 0 Å². The number of nitrogens with one attached hydrogen (secondary N) is 1. The van der Waals surface area contributed by atoms with E-state index in [0.29, 0.717) is 6.42 Å². The molecule has 28 heavy (non-hydrogen) atoms. The first kappa shape index (κ1) is 26.4. The molecule has 0 aliphatic carbocycles. The van der Waals surface area contributed by atoms with Crippen molar-refractivity contribution in [2.75, 3.05) is 7.11 Å². The lowest BCUT2D eigenvalue weighted by molar-refractivity contribution is -0.146. The molecule has 0 heterocycles. The van der Waals surface area contributed by atoms with Crippen LogP contribution >= 0.6 is 0 Å². The molecule has 0 spiro atoms. The lowest BCUT2D eigenvalue weighted by atomic mass is 10.0. The Morgan fingerprint density at radius 1 is 0.786 bits per heavy atom. The third-order valence-electron chi connectivity index (χ3n) is 4.98. The quantitative estimate of drug-likeness (QED) is 0.249. The predicted molar refractivity (Wildman–Crippen MR) is 113 cm³/mol. The van der Waals surface area contributed by atoms with Gasteiger partial charge in [-0.3, -0.25) is 9.59 Å². The van der Waals surface area contributed by atoms with Crippen LogP contribution < -0.4 is 11.1 Å². The number of carbonyl (C=O) groups is 3. The van der Waals surface area contributed by atoms with Crippen molar-refractivity contribution in [3.63, 3.8) is 0 Å². The molecule has 0 aliphatic rings. The Kier molecular flexibility index (Phi) is 17.7. The fourth-order valence-corrected chi connectivity index (χ4v) is 3.28. The minimum atomic E-state index is -0.985. The Hall–Kier alpha value is -1.59. The highest BCUT2D eigenvalue weighted by Gasteiger charge is 2.23. The largest absolute Gasteiger partial charge is 0.467 e. The molecule has 0 fully saturated rings. The molecule has 3 N–H and O–H groups in total. The van der Waals surface area contributed by atoms with Gasteiger partial charge in [0.25, 0.3) is 0 Å². The molecular weight excluding hydrogens is 356 g/mol. The summed E-state index contributed by atoms with van der Waals surface area (Å²) in [5, 5.41) is 2.53. The number of primary amides is 1. The minimum absolute atomic E-state index is 0.239. The highest BCUT2D eigenvalue weighted by Crippen LogP contribution is 2.13. The third kappa shape index (κ3) is 16.6. The average molecular weight is 399 g/mol. The number of methoxy groups -OCH3 is 1. The molecule has 0 saturated carbocycles. The molecule has 0 rings (SSSR count). The van der Waals surface area contributed by atoms with Gasteiger partial charge < -0.3 is 15.8 Å². The summed E-state index contributed by atoms with van der Waals surface area (Å²) in [7, 11) is 1.22. The zero-order chi connectivity index (χ0) is 21.0. The Balaban J connectivity index is 3.53. The van der Waals surface area contributed by atoms with E-state index in [2.05, 4.69) is 17.0 Å². The second-order valence-corrected chi connectivity index (χ2v) is 7.66. The lowest BCUT2D eigenvalue weighted by Gasteiger charge is -2.14. The molecule has 0 saturated heterocycles. The first-order chi connectivity index (χ1) is 13.5. The van der Waals surface area contributed by atoms with Crippen molar-refractivity contribution in [2.45, 2.75) is 116 Å². The highest BCUT2D eigenvalue weighted by atomic mass is 16.5. The van der Waals surface area contributed by atoms with Crippen molar-refractivity contribution >= 4 is 17.8 Å². The zero-order valence-electron chi connectivity index (χ0n) is 18.1. The van der Waals surface area contributed by atoms with Crippen molar-refractivity contribution < 1.29 is 19.1 Å². The maximum atomic E-state index is 11.9. The molecule has 164 valence electrons. The maximum Gasteiger partial charge on any atom is 0.328 e. The monoisotopic (exact) mass is 398 g/mol. The van der Waals surface area contributed by atoms with Gasteiger partial charge in [-0.1, -0.05) is 90.4 Å². The summed E-state index contributed by atoms with van der Waals surface area (Å²) in [4.78, 5) is 34.4. The van der Waals surface area contributed by atoms with Crippen LogP contribution in [0.2, 0.25) is 0 Å². The minimum Gasteiger partial charge on any atom is -0.467 e. The molecule has 6 heteroatoms. The number of amides is 2. The summed E-state index contributed by atoms with van der Waals surface area (Å²) in [6.45, 7) is 2.25. The topological polar surface area (TPSA) is 98.5 Å². The van der Waals surface area contributed by atoms with Gasteiger partial charge in [-0.15, -0.1) is 0 Å². The van der Waals surface area contributed by atoms with Crippen molar-refractivity contribution in [1.82, 2.24) is 5.32 Å². The first-order valence-corrected chi connectivity index (χ1v) is 11.2. The van der Waals surface area contributed by atoms with Crippen LogP contribution in [0.5, 0.6) is 0 Å². The second-order valence-electron chi connectivity index (χ2n) is 7.66. The molecule has 0 aromatic heterocycles. The van der Waals surface area contributed by atoms with Gasteiger partial charge in [0.2, 0.25) is 11.8 Å². The van der Waals surface area contributed by atoms with Gasteiger partial charge in [0, 0.05) is 6.42 Å². The predicted octanol–water partition coefficient (Wildman–Crippen LogP) is 4.39. The molecule has 1 atom stereocenters. The molecule has 0 radical (unpaired) electrons. The number of hydrogen-bond donors (Lipinski definition) is 2. The Morgan fingerprint density at radius 3 is 1.61 bits per heavy atom. The summed E-state index contributed by atoms with van der Waals surface area (Å²) in [5.41, 5.74) is 5.09. The summed E-state index contributed by atoms with van der Waals surface area (Å²) in [6, 6.07) is -0.985. The SMILES string of the molecule is CCCCCCCCCCCCCCCCC(=O)N[C@@H](CC(N)=O)C(=O)OC. The van der Waals surface area contributed by atoms with Crippen LogP contribution in [0.25, 0.3) is 0 Å². The molecule has 0 aromatic carbocycles. The van der Waals surface area contributed by atoms with Crippen LogP contribution in [0, 0.1) is 0 Å². The van der Waals surface area contributed by atoms with Gasteiger partial charge >= 0.3 is 5.97 Å². The number of ether oxygens (including phenoxy) is 1. The van der Waals surface area contributed by atoms with E-state index >= 15 is 0 Å². The normalized spacial score (nSPS) is 11.8. The van der Waals surface area contributed by atoms with Gasteiger partial charge in [0.1, 0.15) is 6.04 Å². The smallest absolute Gasteiger partial charge is 0.328 e. The van der Waals surface area contributed by atoms with Crippen LogP contribution in [0.4, 0.5) is 0 Å². The summed E-state index contributed by atoms with van der Waals surface area (Å²) in [5.74, 6) is -1.53. The molecular formula is C22H42N2O4. The van der Waals surface area contributed by atoms with Crippen molar-refractivity contribution in [2.24, 2.45) is 5.73 Å². The Labute approximate surface area is 171 Å². The third-order valence-corrected chi connectivity index (χ3v) is 4.98. The van der Waals surface area contributed by atoms with Crippen molar-refractivity contribution in [3.05, 3.63) is 0 Å². The van der Waals surface area contributed by atoms with E-state index in [4.69, 9.17) is 5.73 Å². The Morgan fingerprint density at radius 2 is 1.21 bits per heavy atom. The molecule has 0 aromatic rings. The van der Waals surface area contributed by atoms with E-state index < -0.39 is 17.9 Å². The Bertz CT molecular complexity index is 427. The molecule has 6 nitrogen and oxygen atoms in total. The molecule has 2 amide bonds. The summed E-state index contributed by atoms with van der Waals surface area (Å²) >= 11 is 0. The fourth-order valence-electron chi connectivity index (χ4n) is 3.28. The van der Waals surface area contributed by atoms with E-state index in [1.807, 2.05) is 0 Å². The molecule has 0 bridgehead atoms. The highest BCUT2D eigenvalue weighted by molar-refractivity contribution is 5.88. The number of hydrogen-bond acceptors (Lipinski definition) is 4. The standard InChI is InChI=1S/C22H42N2O4/c1-3-4-5-6-7-8-9-10-11-12-13-14-15-16-17-21(26)24-19(18-20(23)25)22(27)28-2/h19H,3-18H2,1-2H3,(H2,23,25)(H,24,26)/t19-/m0/s1. The molecule has 0 aliphatic heterocycles. The van der Waals surface area contributed by atoms with E-state index in [1.165, 1.54) is 77.7 Å². The van der Waals surface area contributed by atoms with Crippen LogP contribution in [0.3, 0.4) is 0 Å². The van der Waals surface area contributed by atoms with E-state index in [1.54, 1.807) is 0 Å². The van der Waals surface area contributed by atoms with Crippen LogP contribution in [0.15, 0.2) is 0 Å². The maximum absolute atomic E-state index is 11.9. The average Bonchev–Trinajstić information content (AvgIpc) is 2.66. The number of unbranched alkanes of at least 4 members (excludes halogenated alkanes) is 13. The van der Waals surface area contributed by atoms with Gasteiger partial charge in [-0.2, -0.15) is 0 Å². The van der Waals surface area contributed by atoms with Crippen LogP contribution in [0.1, 0.15) is 110 Å². The van der Waals surface area contributed by atoms with E-state index in [9.17, 15) is 14.4 Å². The van der Waals surface area contributed by atoms with Gasteiger partial charge in [0.15, 0.2) is 0 Å². The summed E-state index contributed by atoms with van der Waals surface area (Å²) < 4.78 is 4.58.